The van der Waals surface area contributed by atoms with Crippen molar-refractivity contribution in [2.45, 2.75) is 19.8 Å². The van der Waals surface area contributed by atoms with Crippen LogP contribution in [0.25, 0.3) is 0 Å². The van der Waals surface area contributed by atoms with Crippen LogP contribution in [0.15, 0.2) is 30.5 Å². The summed E-state index contributed by atoms with van der Waals surface area (Å²) in [5.74, 6) is 0.0704. The van der Waals surface area contributed by atoms with E-state index in [1.807, 2.05) is 18.2 Å². The molecular formula is C13H14FN3O. The van der Waals surface area contributed by atoms with Gasteiger partial charge in [-0.3, -0.25) is 0 Å². The average Bonchev–Trinajstić information content (AvgIpc) is 2.34. The van der Waals surface area contributed by atoms with E-state index in [-0.39, 0.29) is 11.8 Å². The monoisotopic (exact) mass is 247 g/mol. The van der Waals surface area contributed by atoms with E-state index in [9.17, 15) is 4.39 Å². The minimum absolute atomic E-state index is 0.0218. The molecule has 1 heterocycles. The van der Waals surface area contributed by atoms with Crippen molar-refractivity contribution in [2.24, 2.45) is 0 Å². The molecule has 94 valence electrons. The Hall–Kier alpha value is -2.17. The van der Waals surface area contributed by atoms with Gasteiger partial charge < -0.3 is 10.5 Å². The molecule has 2 rings (SSSR count). The molecule has 0 aliphatic rings. The molecule has 18 heavy (non-hydrogen) atoms. The van der Waals surface area contributed by atoms with Gasteiger partial charge in [0.05, 0.1) is 6.20 Å². The van der Waals surface area contributed by atoms with Crippen LogP contribution in [0.2, 0.25) is 0 Å². The van der Waals surface area contributed by atoms with E-state index in [4.69, 9.17) is 10.5 Å². The first-order chi connectivity index (χ1) is 8.56. The molecule has 0 saturated heterocycles. The summed E-state index contributed by atoms with van der Waals surface area (Å²) in [7, 11) is 0. The third kappa shape index (κ3) is 2.74. The summed E-state index contributed by atoms with van der Waals surface area (Å²) in [4.78, 5) is 7.25. The number of hydrogen-bond acceptors (Lipinski definition) is 4. The van der Waals surface area contributed by atoms with Crippen molar-refractivity contribution in [3.8, 4) is 11.6 Å². The summed E-state index contributed by atoms with van der Waals surface area (Å²) in [6.45, 7) is 4.14. The molecule has 2 aromatic rings. The molecule has 0 amide bonds. The summed E-state index contributed by atoms with van der Waals surface area (Å²) in [6.07, 6.45) is 0.990. The van der Waals surface area contributed by atoms with Crippen LogP contribution < -0.4 is 10.5 Å². The Morgan fingerprint density at radius 1 is 1.33 bits per heavy atom. The fraction of sp³-hybridized carbons (Fsp3) is 0.231. The number of nitrogens with two attached hydrogens (primary N) is 1. The molecule has 1 aromatic heterocycles. The van der Waals surface area contributed by atoms with Crippen molar-refractivity contribution in [1.82, 2.24) is 9.97 Å². The molecule has 0 unspecified atom stereocenters. The van der Waals surface area contributed by atoms with Crippen molar-refractivity contribution in [1.29, 1.82) is 0 Å². The van der Waals surface area contributed by atoms with Crippen molar-refractivity contribution in [3.63, 3.8) is 0 Å². The zero-order valence-corrected chi connectivity index (χ0v) is 10.2. The Kier molecular flexibility index (Phi) is 3.41. The average molecular weight is 247 g/mol. The molecule has 0 aliphatic carbocycles. The largest absolute Gasteiger partial charge is 0.436 e. The van der Waals surface area contributed by atoms with Crippen LogP contribution in [0.5, 0.6) is 11.6 Å². The number of halogens is 1. The highest BCUT2D eigenvalue weighted by molar-refractivity contribution is 5.34. The van der Waals surface area contributed by atoms with Crippen LogP contribution in [0.3, 0.4) is 0 Å². The lowest BCUT2D eigenvalue weighted by Crippen LogP contribution is -1.99. The summed E-state index contributed by atoms with van der Waals surface area (Å²) < 4.78 is 18.8. The van der Waals surface area contributed by atoms with E-state index >= 15 is 0 Å². The summed E-state index contributed by atoms with van der Waals surface area (Å²) in [5.41, 5.74) is 6.50. The van der Waals surface area contributed by atoms with Crippen LogP contribution in [0.1, 0.15) is 25.3 Å². The highest BCUT2D eigenvalue weighted by Crippen LogP contribution is 2.25. The molecule has 4 nitrogen and oxygen atoms in total. The molecule has 0 spiro atoms. The first-order valence-electron chi connectivity index (χ1n) is 5.62. The molecule has 1 aromatic carbocycles. The Balaban J connectivity index is 2.28. The zero-order valence-electron chi connectivity index (χ0n) is 10.2. The van der Waals surface area contributed by atoms with E-state index in [1.165, 1.54) is 0 Å². The van der Waals surface area contributed by atoms with E-state index in [0.717, 1.165) is 11.8 Å². The van der Waals surface area contributed by atoms with Gasteiger partial charge in [0, 0.05) is 0 Å². The standard InChI is InChI=1S/C13H14FN3O/c1-8(2)9-4-3-5-10(6-9)18-12-11(14)7-16-13(15)17-12/h3-8H,1-2H3,(H2,15,16,17). The Morgan fingerprint density at radius 2 is 2.11 bits per heavy atom. The van der Waals surface area contributed by atoms with Gasteiger partial charge in [0.15, 0.2) is 0 Å². The number of nitrogen functional groups attached to an aromatic ring is 1. The summed E-state index contributed by atoms with van der Waals surface area (Å²) >= 11 is 0. The van der Waals surface area contributed by atoms with Crippen molar-refractivity contribution < 1.29 is 9.13 Å². The van der Waals surface area contributed by atoms with E-state index in [1.54, 1.807) is 6.07 Å². The van der Waals surface area contributed by atoms with Gasteiger partial charge in [-0.2, -0.15) is 9.37 Å². The number of aromatic nitrogens is 2. The quantitative estimate of drug-likeness (QED) is 0.905. The van der Waals surface area contributed by atoms with Gasteiger partial charge in [-0.1, -0.05) is 26.0 Å². The van der Waals surface area contributed by atoms with E-state index < -0.39 is 5.82 Å². The van der Waals surface area contributed by atoms with Crippen molar-refractivity contribution in [3.05, 3.63) is 41.8 Å². The maximum absolute atomic E-state index is 13.4. The number of anilines is 1. The minimum Gasteiger partial charge on any atom is -0.436 e. The smallest absolute Gasteiger partial charge is 0.260 e. The number of benzene rings is 1. The normalized spacial score (nSPS) is 10.7. The third-order valence-corrected chi connectivity index (χ3v) is 2.47. The SMILES string of the molecule is CC(C)c1cccc(Oc2nc(N)ncc2F)c1. The second-order valence-electron chi connectivity index (χ2n) is 4.21. The van der Waals surface area contributed by atoms with Gasteiger partial charge in [-0.25, -0.2) is 4.98 Å². The lowest BCUT2D eigenvalue weighted by molar-refractivity contribution is 0.420. The van der Waals surface area contributed by atoms with Gasteiger partial charge in [0.1, 0.15) is 5.75 Å². The van der Waals surface area contributed by atoms with Crippen molar-refractivity contribution >= 4 is 5.95 Å². The highest BCUT2D eigenvalue weighted by atomic mass is 19.1. The number of ether oxygens (including phenoxy) is 1. The highest BCUT2D eigenvalue weighted by Gasteiger charge is 2.09. The molecule has 0 fully saturated rings. The first kappa shape index (κ1) is 12.3. The Labute approximate surface area is 105 Å². The maximum atomic E-state index is 13.4. The zero-order chi connectivity index (χ0) is 13.1. The molecule has 0 bridgehead atoms. The Morgan fingerprint density at radius 3 is 2.83 bits per heavy atom. The fourth-order valence-electron chi connectivity index (χ4n) is 1.48. The molecule has 0 saturated carbocycles. The predicted octanol–water partition coefficient (Wildman–Crippen LogP) is 3.11. The summed E-state index contributed by atoms with van der Waals surface area (Å²) in [5, 5.41) is 0. The van der Waals surface area contributed by atoms with Crippen molar-refractivity contribution in [2.75, 3.05) is 5.73 Å². The van der Waals surface area contributed by atoms with Crippen LogP contribution in [-0.4, -0.2) is 9.97 Å². The minimum atomic E-state index is -0.640. The summed E-state index contributed by atoms with van der Waals surface area (Å²) in [6, 6.07) is 7.43. The number of rotatable bonds is 3. The van der Waals surface area contributed by atoms with E-state index in [0.29, 0.717) is 11.7 Å². The fourth-order valence-corrected chi connectivity index (χ4v) is 1.48. The van der Waals surface area contributed by atoms with Crippen LogP contribution >= 0.6 is 0 Å². The number of nitrogens with zero attached hydrogens (tertiary/aromatic N) is 2. The first-order valence-corrected chi connectivity index (χ1v) is 5.62. The predicted molar refractivity (Wildman–Crippen MR) is 67.0 cm³/mol. The third-order valence-electron chi connectivity index (χ3n) is 2.47. The topological polar surface area (TPSA) is 61.0 Å². The second kappa shape index (κ2) is 5.00. The molecule has 2 N–H and O–H groups in total. The van der Waals surface area contributed by atoms with Gasteiger partial charge in [-0.05, 0) is 23.6 Å². The second-order valence-corrected chi connectivity index (χ2v) is 4.21. The molecule has 5 heteroatoms. The van der Waals surface area contributed by atoms with Gasteiger partial charge in [0.2, 0.25) is 11.8 Å². The maximum Gasteiger partial charge on any atom is 0.260 e. The Bertz CT molecular complexity index is 558. The van der Waals surface area contributed by atoms with Crippen LogP contribution in [0.4, 0.5) is 10.3 Å². The molecule has 0 radical (unpaired) electrons. The molecular weight excluding hydrogens is 233 g/mol. The number of hydrogen-bond donors (Lipinski definition) is 1. The van der Waals surface area contributed by atoms with Gasteiger partial charge >= 0.3 is 0 Å². The lowest BCUT2D eigenvalue weighted by atomic mass is 10.0. The van der Waals surface area contributed by atoms with Crippen LogP contribution in [0, 0.1) is 5.82 Å². The van der Waals surface area contributed by atoms with Crippen LogP contribution in [-0.2, 0) is 0 Å². The van der Waals surface area contributed by atoms with E-state index in [2.05, 4.69) is 23.8 Å². The molecule has 0 atom stereocenters. The lowest BCUT2D eigenvalue weighted by Gasteiger charge is -2.09. The van der Waals surface area contributed by atoms with Gasteiger partial charge in [0.25, 0.3) is 5.88 Å². The van der Waals surface area contributed by atoms with Gasteiger partial charge in [-0.15, -0.1) is 0 Å². The molecule has 0 aliphatic heterocycles.